The molecule has 0 bridgehead atoms. The first-order valence-electron chi connectivity index (χ1n) is 6.57. The Hall–Kier alpha value is -2.36. The molecule has 4 nitrogen and oxygen atoms in total. The predicted octanol–water partition coefficient (Wildman–Crippen LogP) is 0.339. The Kier molecular flexibility index (Phi) is 4.03. The van der Waals surface area contributed by atoms with E-state index in [9.17, 15) is 9.59 Å². The third-order valence-corrected chi connectivity index (χ3v) is 2.98. The van der Waals surface area contributed by atoms with Crippen molar-refractivity contribution in [1.82, 2.24) is 9.55 Å². The normalized spacial score (nSPS) is 13.2. The number of benzene rings is 1. The van der Waals surface area contributed by atoms with Gasteiger partial charge in [-0.1, -0.05) is 50.3 Å². The van der Waals surface area contributed by atoms with Crippen LogP contribution in [0.15, 0.2) is 39.9 Å². The molecule has 104 valence electrons. The van der Waals surface area contributed by atoms with E-state index in [0.717, 1.165) is 5.56 Å². The highest BCUT2D eigenvalue weighted by atomic mass is 16.1. The maximum atomic E-state index is 12.3. The van der Waals surface area contributed by atoms with Crippen LogP contribution in [0.25, 0.3) is 12.2 Å². The Morgan fingerprint density at radius 2 is 1.80 bits per heavy atom. The number of nitrogens with one attached hydrogen (secondary N) is 1. The molecule has 0 amide bonds. The van der Waals surface area contributed by atoms with Gasteiger partial charge in [0.2, 0.25) is 0 Å². The second kappa shape index (κ2) is 5.74. The average molecular weight is 270 g/mol. The molecule has 0 saturated carbocycles. The summed E-state index contributed by atoms with van der Waals surface area (Å²) in [6.45, 7) is 3.93. The van der Waals surface area contributed by atoms with E-state index in [1.165, 1.54) is 4.57 Å². The van der Waals surface area contributed by atoms with Crippen LogP contribution in [-0.2, 0) is 7.05 Å². The fraction of sp³-hybridized carbons (Fsp3) is 0.250. The summed E-state index contributed by atoms with van der Waals surface area (Å²) >= 11 is 0. The average Bonchev–Trinajstić information content (AvgIpc) is 2.42. The van der Waals surface area contributed by atoms with Crippen molar-refractivity contribution in [2.45, 2.75) is 13.8 Å². The van der Waals surface area contributed by atoms with Gasteiger partial charge in [0.15, 0.2) is 0 Å². The Balaban J connectivity index is 2.75. The van der Waals surface area contributed by atoms with Crippen LogP contribution in [0.1, 0.15) is 19.4 Å². The van der Waals surface area contributed by atoms with Crippen molar-refractivity contribution in [2.75, 3.05) is 0 Å². The molecule has 1 aromatic heterocycles. The van der Waals surface area contributed by atoms with Gasteiger partial charge in [-0.15, -0.1) is 0 Å². The Bertz CT molecular complexity index is 828. The van der Waals surface area contributed by atoms with E-state index in [1.54, 1.807) is 19.2 Å². The van der Waals surface area contributed by atoms with Gasteiger partial charge in [0, 0.05) is 7.05 Å². The second-order valence-corrected chi connectivity index (χ2v) is 5.08. The minimum absolute atomic E-state index is 0.200. The maximum Gasteiger partial charge on any atom is 0.274 e. The van der Waals surface area contributed by atoms with Crippen LogP contribution in [-0.4, -0.2) is 9.55 Å². The molecule has 4 heteroatoms. The maximum absolute atomic E-state index is 12.3. The van der Waals surface area contributed by atoms with Crippen molar-refractivity contribution < 1.29 is 0 Å². The van der Waals surface area contributed by atoms with Gasteiger partial charge >= 0.3 is 0 Å². The van der Waals surface area contributed by atoms with Gasteiger partial charge < -0.3 is 9.55 Å². The number of aromatic amines is 1. The van der Waals surface area contributed by atoms with Gasteiger partial charge in [0.25, 0.3) is 11.1 Å². The van der Waals surface area contributed by atoms with E-state index in [-0.39, 0.29) is 17.0 Å². The molecule has 0 atom stereocenters. The number of H-pyrrole nitrogens is 1. The first-order valence-corrected chi connectivity index (χ1v) is 6.57. The van der Waals surface area contributed by atoms with Crippen molar-refractivity contribution in [2.24, 2.45) is 13.0 Å². The lowest BCUT2D eigenvalue weighted by Gasteiger charge is -2.01. The van der Waals surface area contributed by atoms with Crippen LogP contribution in [0.3, 0.4) is 0 Å². The molecule has 1 N–H and O–H groups in total. The van der Waals surface area contributed by atoms with E-state index in [0.29, 0.717) is 10.7 Å². The van der Waals surface area contributed by atoms with E-state index >= 15 is 0 Å². The van der Waals surface area contributed by atoms with Crippen molar-refractivity contribution in [3.05, 3.63) is 67.3 Å². The van der Waals surface area contributed by atoms with Gasteiger partial charge in [-0.05, 0) is 17.6 Å². The van der Waals surface area contributed by atoms with Crippen LogP contribution < -0.4 is 21.8 Å². The highest BCUT2D eigenvalue weighted by Gasteiger charge is 2.01. The quantitative estimate of drug-likeness (QED) is 0.855. The van der Waals surface area contributed by atoms with E-state index in [1.807, 2.05) is 44.2 Å². The fourth-order valence-electron chi connectivity index (χ4n) is 2.00. The molecule has 0 aliphatic rings. The highest BCUT2D eigenvalue weighted by Crippen LogP contribution is 1.97. The number of aromatic nitrogens is 2. The Morgan fingerprint density at radius 3 is 2.40 bits per heavy atom. The lowest BCUT2D eigenvalue weighted by molar-refractivity contribution is 0.760. The molecule has 20 heavy (non-hydrogen) atoms. The van der Waals surface area contributed by atoms with E-state index in [4.69, 9.17) is 0 Å². The van der Waals surface area contributed by atoms with Crippen molar-refractivity contribution in [3.8, 4) is 0 Å². The standard InChI is InChI=1S/C16H18N2O2/c1-11(2)9-14-15(19)17-13(16(20)18(14)3)10-12-7-5-4-6-8-12/h4-11H,1-3H3,(H,17,19)/b13-10+,14-9+. The number of hydrogen-bond donors (Lipinski definition) is 1. The van der Waals surface area contributed by atoms with Crippen molar-refractivity contribution in [1.29, 1.82) is 0 Å². The minimum Gasteiger partial charge on any atom is -0.316 e. The molecule has 1 heterocycles. The Labute approximate surface area is 116 Å². The third-order valence-electron chi connectivity index (χ3n) is 2.98. The van der Waals surface area contributed by atoms with Crippen molar-refractivity contribution in [3.63, 3.8) is 0 Å². The van der Waals surface area contributed by atoms with Crippen LogP contribution in [0, 0.1) is 5.92 Å². The Morgan fingerprint density at radius 1 is 1.15 bits per heavy atom. The molecule has 2 rings (SSSR count). The largest absolute Gasteiger partial charge is 0.316 e. The molecule has 2 aromatic rings. The summed E-state index contributed by atoms with van der Waals surface area (Å²) in [6, 6.07) is 9.43. The zero-order chi connectivity index (χ0) is 14.7. The molecule has 0 spiro atoms. The van der Waals surface area contributed by atoms with Crippen LogP contribution in [0.5, 0.6) is 0 Å². The van der Waals surface area contributed by atoms with Crippen LogP contribution in [0.4, 0.5) is 0 Å². The topological polar surface area (TPSA) is 54.9 Å². The fourth-order valence-corrected chi connectivity index (χ4v) is 2.00. The summed E-state index contributed by atoms with van der Waals surface area (Å²) in [6.07, 6.45) is 3.47. The van der Waals surface area contributed by atoms with Gasteiger partial charge in [0.05, 0.1) is 0 Å². The minimum atomic E-state index is -0.247. The summed E-state index contributed by atoms with van der Waals surface area (Å²) in [5, 5.41) is 0.694. The monoisotopic (exact) mass is 270 g/mol. The van der Waals surface area contributed by atoms with Gasteiger partial charge in [0.1, 0.15) is 10.7 Å². The molecular formula is C16H18N2O2. The zero-order valence-electron chi connectivity index (χ0n) is 11.9. The molecule has 0 radical (unpaired) electrons. The van der Waals surface area contributed by atoms with E-state index in [2.05, 4.69) is 4.98 Å². The lowest BCUT2D eigenvalue weighted by atomic mass is 10.2. The summed E-state index contributed by atoms with van der Waals surface area (Å²) in [7, 11) is 1.62. The summed E-state index contributed by atoms with van der Waals surface area (Å²) in [5.41, 5.74) is 0.421. The predicted molar refractivity (Wildman–Crippen MR) is 80.9 cm³/mol. The molecule has 1 aromatic carbocycles. The summed E-state index contributed by atoms with van der Waals surface area (Å²) < 4.78 is 1.40. The SMILES string of the molecule is CC(C)/C=c1\c(=O)[nH]/c(=C/c2ccccc2)c(=O)n1C. The molecule has 0 aliphatic heterocycles. The highest BCUT2D eigenvalue weighted by molar-refractivity contribution is 5.47. The van der Waals surface area contributed by atoms with Gasteiger partial charge in [-0.25, -0.2) is 0 Å². The smallest absolute Gasteiger partial charge is 0.274 e. The molecule has 0 fully saturated rings. The first kappa shape index (κ1) is 14.1. The number of rotatable bonds is 2. The molecule has 0 aliphatic carbocycles. The zero-order valence-corrected chi connectivity index (χ0v) is 11.9. The molecule has 0 unspecified atom stereocenters. The van der Waals surface area contributed by atoms with Crippen LogP contribution >= 0.6 is 0 Å². The lowest BCUT2D eigenvalue weighted by Crippen LogP contribution is -2.52. The second-order valence-electron chi connectivity index (χ2n) is 5.08. The van der Waals surface area contributed by atoms with Gasteiger partial charge in [-0.2, -0.15) is 0 Å². The number of nitrogens with zero attached hydrogens (tertiary/aromatic N) is 1. The van der Waals surface area contributed by atoms with Crippen LogP contribution in [0.2, 0.25) is 0 Å². The summed E-state index contributed by atoms with van der Waals surface area (Å²) in [4.78, 5) is 27.0. The first-order chi connectivity index (χ1) is 9.49. The molecule has 0 saturated heterocycles. The molecular weight excluding hydrogens is 252 g/mol. The summed E-state index contributed by atoms with van der Waals surface area (Å²) in [5.74, 6) is 0.200. The number of hydrogen-bond acceptors (Lipinski definition) is 2. The van der Waals surface area contributed by atoms with Crippen molar-refractivity contribution >= 4 is 12.2 Å². The third kappa shape index (κ3) is 2.96. The van der Waals surface area contributed by atoms with Gasteiger partial charge in [-0.3, -0.25) is 9.59 Å². The van der Waals surface area contributed by atoms with E-state index < -0.39 is 0 Å².